The Morgan fingerprint density at radius 2 is 1.88 bits per heavy atom. The number of amides is 1. The molecule has 11 heteroatoms. The molecule has 2 aromatic carbocycles. The van der Waals surface area contributed by atoms with Gasteiger partial charge in [-0.1, -0.05) is 29.5 Å². The van der Waals surface area contributed by atoms with Gasteiger partial charge in [0, 0.05) is 61.3 Å². The Labute approximate surface area is 235 Å². The highest BCUT2D eigenvalue weighted by molar-refractivity contribution is 6.32. The smallest absolute Gasteiger partial charge is 0.416 e. The molecule has 1 aliphatic heterocycles. The van der Waals surface area contributed by atoms with Crippen LogP contribution in [-0.4, -0.2) is 72.2 Å². The molecule has 0 atom stereocenters. The second kappa shape index (κ2) is 13.2. The summed E-state index contributed by atoms with van der Waals surface area (Å²) in [5, 5.41) is 11.8. The average Bonchev–Trinajstić information content (AvgIpc) is 2.93. The number of ether oxygens (including phenoxy) is 1. The van der Waals surface area contributed by atoms with E-state index in [2.05, 4.69) is 27.0 Å². The van der Waals surface area contributed by atoms with Crippen LogP contribution in [0.15, 0.2) is 54.9 Å². The van der Waals surface area contributed by atoms with E-state index in [1.807, 2.05) is 11.9 Å². The molecular formula is C29H28ClF3N4O3. The summed E-state index contributed by atoms with van der Waals surface area (Å²) < 4.78 is 47.1. The highest BCUT2D eigenvalue weighted by Gasteiger charge is 2.34. The Kier molecular flexibility index (Phi) is 9.66. The van der Waals surface area contributed by atoms with Gasteiger partial charge in [-0.05, 0) is 49.0 Å². The minimum atomic E-state index is -4.57. The van der Waals surface area contributed by atoms with Crippen molar-refractivity contribution in [3.05, 3.63) is 87.7 Å². The van der Waals surface area contributed by atoms with Gasteiger partial charge in [0.15, 0.2) is 0 Å². The fourth-order valence-electron chi connectivity index (χ4n) is 4.14. The number of hydrogen-bond donors (Lipinski definition) is 2. The SMILES string of the molecule is CN1CCN(Cc2ccc(NC(=O)c3ccc(Cl)c(C#Cc4cncc(OCCO)c4)c3)cc2C(F)(F)F)CC1. The number of hydrogen-bond acceptors (Lipinski definition) is 6. The quantitative estimate of drug-likeness (QED) is 0.405. The van der Waals surface area contributed by atoms with E-state index in [-0.39, 0.29) is 36.6 Å². The molecular weight excluding hydrogens is 545 g/mol. The molecule has 1 aromatic heterocycles. The fraction of sp³-hybridized carbons (Fsp3) is 0.310. The van der Waals surface area contributed by atoms with Crippen molar-refractivity contribution in [2.75, 3.05) is 51.8 Å². The number of aromatic nitrogens is 1. The third-order valence-corrected chi connectivity index (χ3v) is 6.64. The van der Waals surface area contributed by atoms with Gasteiger partial charge in [-0.25, -0.2) is 0 Å². The third-order valence-electron chi connectivity index (χ3n) is 6.31. The van der Waals surface area contributed by atoms with Crippen LogP contribution < -0.4 is 10.1 Å². The molecule has 0 unspecified atom stereocenters. The summed E-state index contributed by atoms with van der Waals surface area (Å²) in [4.78, 5) is 21.1. The summed E-state index contributed by atoms with van der Waals surface area (Å²) in [6, 6.07) is 9.96. The van der Waals surface area contributed by atoms with Crippen molar-refractivity contribution in [3.63, 3.8) is 0 Å². The first kappa shape index (κ1) is 29.4. The molecule has 210 valence electrons. The number of piperazine rings is 1. The molecule has 4 rings (SSSR count). The molecule has 0 bridgehead atoms. The Morgan fingerprint density at radius 3 is 2.60 bits per heavy atom. The van der Waals surface area contributed by atoms with Crippen molar-refractivity contribution in [1.29, 1.82) is 0 Å². The Hall–Kier alpha value is -3.62. The molecule has 0 radical (unpaired) electrons. The van der Waals surface area contributed by atoms with Crippen LogP contribution >= 0.6 is 11.6 Å². The lowest BCUT2D eigenvalue weighted by Gasteiger charge is -2.33. The molecule has 0 saturated carbocycles. The van der Waals surface area contributed by atoms with Gasteiger partial charge in [0.05, 0.1) is 23.4 Å². The fourth-order valence-corrected chi connectivity index (χ4v) is 4.30. The zero-order valence-corrected chi connectivity index (χ0v) is 22.5. The van der Waals surface area contributed by atoms with E-state index in [0.29, 0.717) is 35.0 Å². The van der Waals surface area contributed by atoms with Gasteiger partial charge >= 0.3 is 6.18 Å². The molecule has 3 aromatic rings. The Bertz CT molecular complexity index is 1410. The van der Waals surface area contributed by atoms with Crippen LogP contribution in [0.2, 0.25) is 5.02 Å². The Balaban J connectivity index is 1.50. The van der Waals surface area contributed by atoms with Crippen LogP contribution in [0.4, 0.5) is 18.9 Å². The molecule has 1 amide bonds. The first-order chi connectivity index (χ1) is 19.1. The highest BCUT2D eigenvalue weighted by atomic mass is 35.5. The monoisotopic (exact) mass is 572 g/mol. The van der Waals surface area contributed by atoms with E-state index in [1.165, 1.54) is 42.7 Å². The summed E-state index contributed by atoms with van der Waals surface area (Å²) >= 11 is 6.27. The lowest BCUT2D eigenvalue weighted by Crippen LogP contribution is -2.44. The summed E-state index contributed by atoms with van der Waals surface area (Å²) in [7, 11) is 1.99. The lowest BCUT2D eigenvalue weighted by atomic mass is 10.0. The molecule has 2 N–H and O–H groups in total. The van der Waals surface area contributed by atoms with Crippen LogP contribution in [0.25, 0.3) is 0 Å². The number of carbonyl (C=O) groups is 1. The second-order valence-electron chi connectivity index (χ2n) is 9.33. The Morgan fingerprint density at radius 1 is 1.10 bits per heavy atom. The van der Waals surface area contributed by atoms with Gasteiger partial charge in [-0.15, -0.1) is 0 Å². The average molecular weight is 573 g/mol. The maximum atomic E-state index is 13.9. The number of alkyl halides is 3. The van der Waals surface area contributed by atoms with E-state index in [4.69, 9.17) is 21.4 Å². The minimum absolute atomic E-state index is 0.0350. The van der Waals surface area contributed by atoms with Gasteiger partial charge in [0.1, 0.15) is 12.4 Å². The van der Waals surface area contributed by atoms with Crippen molar-refractivity contribution in [2.45, 2.75) is 12.7 Å². The molecule has 0 aliphatic carbocycles. The lowest BCUT2D eigenvalue weighted by molar-refractivity contribution is -0.138. The van der Waals surface area contributed by atoms with E-state index in [1.54, 1.807) is 6.07 Å². The number of aliphatic hydroxyl groups excluding tert-OH is 1. The molecule has 7 nitrogen and oxygen atoms in total. The maximum Gasteiger partial charge on any atom is 0.416 e. The summed E-state index contributed by atoms with van der Waals surface area (Å²) in [5.74, 6) is 5.63. The number of halogens is 4. The van der Waals surface area contributed by atoms with Gasteiger partial charge < -0.3 is 20.1 Å². The molecule has 0 spiro atoms. The molecule has 1 aliphatic rings. The highest BCUT2D eigenvalue weighted by Crippen LogP contribution is 2.35. The molecule has 1 fully saturated rings. The number of pyridine rings is 1. The maximum absolute atomic E-state index is 13.9. The standard InChI is InChI=1S/C29H28ClF3N4O3/c1-36-8-10-37(11-9-36)19-23-4-6-24(16-26(23)29(31,32)33)35-28(39)22-5-7-27(30)21(15-22)3-2-20-14-25(18-34-17-20)40-13-12-38/h4-7,14-18,38H,8-13,19H2,1H3,(H,35,39). The van der Waals surface area contributed by atoms with Crippen molar-refractivity contribution in [2.24, 2.45) is 0 Å². The number of nitrogens with zero attached hydrogens (tertiary/aromatic N) is 3. The number of aliphatic hydroxyl groups is 1. The zero-order chi connectivity index (χ0) is 28.7. The van der Waals surface area contributed by atoms with Crippen molar-refractivity contribution < 1.29 is 27.8 Å². The van der Waals surface area contributed by atoms with Crippen LogP contribution in [0, 0.1) is 11.8 Å². The van der Waals surface area contributed by atoms with Crippen LogP contribution in [0.1, 0.15) is 32.6 Å². The number of likely N-dealkylation sites (N-methyl/N-ethyl adjacent to an activating group) is 1. The second-order valence-corrected chi connectivity index (χ2v) is 9.74. The van der Waals surface area contributed by atoms with Gasteiger partial charge in [-0.3, -0.25) is 14.7 Å². The number of nitrogens with one attached hydrogen (secondary N) is 1. The topological polar surface area (TPSA) is 77.9 Å². The number of rotatable bonds is 7. The normalized spacial score (nSPS) is 14.3. The van der Waals surface area contributed by atoms with E-state index < -0.39 is 17.6 Å². The first-order valence-electron chi connectivity index (χ1n) is 12.5. The first-order valence-corrected chi connectivity index (χ1v) is 12.9. The minimum Gasteiger partial charge on any atom is -0.490 e. The number of carbonyl (C=O) groups excluding carboxylic acids is 1. The third kappa shape index (κ3) is 7.96. The molecule has 1 saturated heterocycles. The molecule has 40 heavy (non-hydrogen) atoms. The predicted octanol–water partition coefficient (Wildman–Crippen LogP) is 4.52. The summed E-state index contributed by atoms with van der Waals surface area (Å²) in [5.41, 5.74) is 0.493. The zero-order valence-electron chi connectivity index (χ0n) is 21.8. The summed E-state index contributed by atoms with van der Waals surface area (Å²) in [6.45, 7) is 3.13. The van der Waals surface area contributed by atoms with Crippen molar-refractivity contribution >= 4 is 23.2 Å². The van der Waals surface area contributed by atoms with Gasteiger partial charge in [-0.2, -0.15) is 13.2 Å². The van der Waals surface area contributed by atoms with Crippen LogP contribution in [-0.2, 0) is 12.7 Å². The summed E-state index contributed by atoms with van der Waals surface area (Å²) in [6.07, 6.45) is -1.56. The van der Waals surface area contributed by atoms with Crippen LogP contribution in [0.5, 0.6) is 5.75 Å². The van der Waals surface area contributed by atoms with E-state index in [9.17, 15) is 18.0 Å². The van der Waals surface area contributed by atoms with Crippen molar-refractivity contribution in [3.8, 4) is 17.6 Å². The number of anilines is 1. The van der Waals surface area contributed by atoms with E-state index >= 15 is 0 Å². The predicted molar refractivity (Wildman–Crippen MR) is 146 cm³/mol. The van der Waals surface area contributed by atoms with Gasteiger partial charge in [0.2, 0.25) is 0 Å². The van der Waals surface area contributed by atoms with E-state index in [0.717, 1.165) is 19.2 Å². The molecule has 2 heterocycles. The number of benzene rings is 2. The van der Waals surface area contributed by atoms with Crippen molar-refractivity contribution in [1.82, 2.24) is 14.8 Å². The van der Waals surface area contributed by atoms with Gasteiger partial charge in [0.25, 0.3) is 5.91 Å². The van der Waals surface area contributed by atoms with Crippen LogP contribution in [0.3, 0.4) is 0 Å². The largest absolute Gasteiger partial charge is 0.490 e.